The molecule has 2 aromatic carbocycles. The van der Waals surface area contributed by atoms with Crippen molar-refractivity contribution in [3.63, 3.8) is 0 Å². The Morgan fingerprint density at radius 2 is 1.86 bits per heavy atom. The summed E-state index contributed by atoms with van der Waals surface area (Å²) in [6.45, 7) is 0. The molecule has 2 N–H and O–H groups in total. The maximum Gasteiger partial charge on any atom is 0.115 e. The topological polar surface area (TPSA) is 32.3 Å². The molecule has 1 aliphatic rings. The van der Waals surface area contributed by atoms with E-state index in [1.54, 1.807) is 6.07 Å². The van der Waals surface area contributed by atoms with Crippen molar-refractivity contribution in [1.29, 1.82) is 0 Å². The number of phenolic OH excluding ortho intramolecular Hbond substituents is 1. The van der Waals surface area contributed by atoms with Crippen LogP contribution in [-0.2, 0) is 11.8 Å². The molecule has 0 aromatic heterocycles. The van der Waals surface area contributed by atoms with Crippen molar-refractivity contribution in [2.24, 2.45) is 0 Å². The molecular formula is C19H23NO. The van der Waals surface area contributed by atoms with E-state index in [1.165, 1.54) is 30.4 Å². The third kappa shape index (κ3) is 2.68. The number of phenols is 1. The summed E-state index contributed by atoms with van der Waals surface area (Å²) >= 11 is 0. The van der Waals surface area contributed by atoms with Gasteiger partial charge in [-0.1, -0.05) is 48.9 Å². The molecule has 1 unspecified atom stereocenters. The van der Waals surface area contributed by atoms with E-state index in [1.807, 2.05) is 12.1 Å². The molecule has 1 fully saturated rings. The summed E-state index contributed by atoms with van der Waals surface area (Å²) in [6.07, 6.45) is 4.72. The van der Waals surface area contributed by atoms with Crippen molar-refractivity contribution in [3.05, 3.63) is 65.7 Å². The third-order valence-electron chi connectivity index (χ3n) is 4.96. The monoisotopic (exact) mass is 281 g/mol. The van der Waals surface area contributed by atoms with Gasteiger partial charge in [0.25, 0.3) is 0 Å². The van der Waals surface area contributed by atoms with Crippen molar-refractivity contribution < 1.29 is 5.11 Å². The second-order valence-electron chi connectivity index (χ2n) is 6.09. The predicted octanol–water partition coefficient (Wildman–Crippen LogP) is 3.64. The molecule has 110 valence electrons. The van der Waals surface area contributed by atoms with Crippen molar-refractivity contribution >= 4 is 0 Å². The zero-order valence-corrected chi connectivity index (χ0v) is 12.5. The van der Waals surface area contributed by atoms with E-state index in [0.717, 1.165) is 6.42 Å². The Hall–Kier alpha value is -1.80. The number of likely N-dealkylation sites (N-methyl/N-ethyl adjacent to an activating group) is 1. The summed E-state index contributed by atoms with van der Waals surface area (Å²) in [4.78, 5) is 0. The average Bonchev–Trinajstić information content (AvgIpc) is 2.46. The SMILES string of the molecule is CNC(Cc1cccc(O)c1)C1(c2ccccc2)CCC1. The number of hydrogen-bond acceptors (Lipinski definition) is 2. The van der Waals surface area contributed by atoms with Gasteiger partial charge in [-0.3, -0.25) is 0 Å². The van der Waals surface area contributed by atoms with Crippen LogP contribution in [0.5, 0.6) is 5.75 Å². The van der Waals surface area contributed by atoms with Gasteiger partial charge >= 0.3 is 0 Å². The van der Waals surface area contributed by atoms with Gasteiger partial charge in [-0.05, 0) is 49.6 Å². The summed E-state index contributed by atoms with van der Waals surface area (Å²) in [5.74, 6) is 0.352. The Balaban J connectivity index is 1.87. The van der Waals surface area contributed by atoms with Crippen molar-refractivity contribution in [2.45, 2.75) is 37.1 Å². The van der Waals surface area contributed by atoms with Crippen LogP contribution in [0.2, 0.25) is 0 Å². The molecule has 2 heteroatoms. The van der Waals surface area contributed by atoms with Crippen LogP contribution in [-0.4, -0.2) is 18.2 Å². The highest BCUT2D eigenvalue weighted by Crippen LogP contribution is 2.47. The van der Waals surface area contributed by atoms with Crippen molar-refractivity contribution in [1.82, 2.24) is 5.32 Å². The molecule has 0 heterocycles. The lowest BCUT2D eigenvalue weighted by atomic mass is 9.59. The lowest BCUT2D eigenvalue weighted by molar-refractivity contribution is 0.174. The lowest BCUT2D eigenvalue weighted by Crippen LogP contribution is -2.52. The third-order valence-corrected chi connectivity index (χ3v) is 4.96. The van der Waals surface area contributed by atoms with Crippen LogP contribution in [0, 0.1) is 0 Å². The summed E-state index contributed by atoms with van der Waals surface area (Å²) in [5, 5.41) is 13.2. The van der Waals surface area contributed by atoms with E-state index in [-0.39, 0.29) is 5.41 Å². The number of benzene rings is 2. The highest BCUT2D eigenvalue weighted by atomic mass is 16.3. The van der Waals surface area contributed by atoms with E-state index in [4.69, 9.17) is 0 Å². The zero-order chi connectivity index (χ0) is 14.7. The van der Waals surface area contributed by atoms with Crippen LogP contribution in [0.4, 0.5) is 0 Å². The average molecular weight is 281 g/mol. The molecule has 2 nitrogen and oxygen atoms in total. The molecule has 0 aliphatic heterocycles. The summed E-state index contributed by atoms with van der Waals surface area (Å²) in [5.41, 5.74) is 2.87. The fraction of sp³-hybridized carbons (Fsp3) is 0.368. The second-order valence-corrected chi connectivity index (χ2v) is 6.09. The normalized spacial score (nSPS) is 18.0. The van der Waals surface area contributed by atoms with Gasteiger partial charge in [0.05, 0.1) is 0 Å². The zero-order valence-electron chi connectivity index (χ0n) is 12.5. The first-order valence-electron chi connectivity index (χ1n) is 7.75. The molecule has 2 aromatic rings. The minimum absolute atomic E-state index is 0.238. The van der Waals surface area contributed by atoms with E-state index in [9.17, 15) is 5.11 Å². The van der Waals surface area contributed by atoms with Gasteiger partial charge in [0.1, 0.15) is 5.75 Å². The smallest absolute Gasteiger partial charge is 0.115 e. The molecule has 21 heavy (non-hydrogen) atoms. The van der Waals surface area contributed by atoms with Crippen LogP contribution in [0.1, 0.15) is 30.4 Å². The van der Waals surface area contributed by atoms with E-state index >= 15 is 0 Å². The quantitative estimate of drug-likeness (QED) is 0.877. The summed E-state index contributed by atoms with van der Waals surface area (Å²) < 4.78 is 0. The first-order chi connectivity index (χ1) is 10.2. The molecule has 1 aliphatic carbocycles. The number of aromatic hydroxyl groups is 1. The highest BCUT2D eigenvalue weighted by Gasteiger charge is 2.44. The van der Waals surface area contributed by atoms with E-state index in [0.29, 0.717) is 11.8 Å². The van der Waals surface area contributed by atoms with Gasteiger partial charge in [-0.2, -0.15) is 0 Å². The van der Waals surface area contributed by atoms with E-state index in [2.05, 4.69) is 48.8 Å². The van der Waals surface area contributed by atoms with Gasteiger partial charge in [0.2, 0.25) is 0 Å². The minimum atomic E-state index is 0.238. The molecule has 3 rings (SSSR count). The number of rotatable bonds is 5. The molecule has 0 saturated heterocycles. The first kappa shape index (κ1) is 14.2. The van der Waals surface area contributed by atoms with Crippen LogP contribution in [0.25, 0.3) is 0 Å². The molecule has 0 bridgehead atoms. The van der Waals surface area contributed by atoms with Crippen LogP contribution in [0.3, 0.4) is 0 Å². The Bertz CT molecular complexity index is 590. The molecule has 0 amide bonds. The van der Waals surface area contributed by atoms with Crippen LogP contribution in [0.15, 0.2) is 54.6 Å². The highest BCUT2D eigenvalue weighted by molar-refractivity contribution is 5.33. The van der Waals surface area contributed by atoms with Gasteiger partial charge in [0, 0.05) is 11.5 Å². The van der Waals surface area contributed by atoms with Gasteiger partial charge in [0.15, 0.2) is 0 Å². The summed E-state index contributed by atoms with van der Waals surface area (Å²) in [7, 11) is 2.05. The molecule has 0 radical (unpaired) electrons. The Morgan fingerprint density at radius 3 is 2.43 bits per heavy atom. The predicted molar refractivity (Wildman–Crippen MR) is 86.6 cm³/mol. The van der Waals surface area contributed by atoms with Gasteiger partial charge in [-0.15, -0.1) is 0 Å². The number of nitrogens with one attached hydrogen (secondary N) is 1. The minimum Gasteiger partial charge on any atom is -0.508 e. The van der Waals surface area contributed by atoms with Gasteiger partial charge in [-0.25, -0.2) is 0 Å². The molecular weight excluding hydrogens is 258 g/mol. The summed E-state index contributed by atoms with van der Waals surface area (Å²) in [6, 6.07) is 18.9. The Morgan fingerprint density at radius 1 is 1.10 bits per heavy atom. The maximum atomic E-state index is 9.67. The fourth-order valence-electron chi connectivity index (χ4n) is 3.66. The second kappa shape index (κ2) is 5.90. The fourth-order valence-corrected chi connectivity index (χ4v) is 3.66. The molecule has 0 spiro atoms. The number of hydrogen-bond donors (Lipinski definition) is 2. The molecule has 1 atom stereocenters. The maximum absolute atomic E-state index is 9.67. The van der Waals surface area contributed by atoms with Crippen LogP contribution < -0.4 is 5.32 Å². The van der Waals surface area contributed by atoms with Crippen LogP contribution >= 0.6 is 0 Å². The largest absolute Gasteiger partial charge is 0.508 e. The Labute approximate surface area is 126 Å². The standard InChI is InChI=1S/C19H23NO/c1-20-18(14-15-7-5-10-17(21)13-15)19(11-6-12-19)16-8-3-2-4-9-16/h2-5,7-10,13,18,20-21H,6,11-12,14H2,1H3. The molecule has 1 saturated carbocycles. The van der Waals surface area contributed by atoms with E-state index < -0.39 is 0 Å². The van der Waals surface area contributed by atoms with Gasteiger partial charge < -0.3 is 10.4 Å². The lowest BCUT2D eigenvalue weighted by Gasteiger charge is -2.48. The first-order valence-corrected chi connectivity index (χ1v) is 7.75. The Kier molecular flexibility index (Phi) is 3.98. The van der Waals surface area contributed by atoms with Crippen molar-refractivity contribution in [3.8, 4) is 5.75 Å². The van der Waals surface area contributed by atoms with Crippen molar-refractivity contribution in [2.75, 3.05) is 7.05 Å².